The highest BCUT2D eigenvalue weighted by Gasteiger charge is 2.28. The first-order valence-corrected chi connectivity index (χ1v) is 6.25. The number of carbonyl (C=O) groups is 4. The van der Waals surface area contributed by atoms with Gasteiger partial charge < -0.3 is 9.84 Å². The van der Waals surface area contributed by atoms with Crippen LogP contribution in [0.4, 0.5) is 4.79 Å². The number of hydrogen-bond donors (Lipinski definition) is 3. The summed E-state index contributed by atoms with van der Waals surface area (Å²) in [6.07, 6.45) is 0.121. The Bertz CT molecular complexity index is 672. The second-order valence-corrected chi connectivity index (χ2v) is 4.43. The van der Waals surface area contributed by atoms with Crippen LogP contribution in [0.2, 0.25) is 0 Å². The third-order valence-corrected chi connectivity index (χ3v) is 2.81. The van der Waals surface area contributed by atoms with Gasteiger partial charge in [-0.2, -0.15) is 0 Å². The topological polar surface area (TPSA) is 122 Å². The number of benzene rings is 1. The molecule has 0 radical (unpaired) electrons. The van der Waals surface area contributed by atoms with E-state index in [2.05, 4.69) is 0 Å². The lowest BCUT2D eigenvalue weighted by atomic mass is 10.1. The highest BCUT2D eigenvalue weighted by Crippen LogP contribution is 2.23. The molecule has 1 aromatic carbocycles. The number of urea groups is 1. The SMILES string of the molecule is C[C@@H](Oc1ccccc1C=C1C(=O)NC(=O)NC1=O)C(=O)O. The number of carboxylic acids is 1. The van der Waals surface area contributed by atoms with Gasteiger partial charge in [-0.15, -0.1) is 0 Å². The highest BCUT2D eigenvalue weighted by molar-refractivity contribution is 6.31. The van der Waals surface area contributed by atoms with E-state index in [1.807, 2.05) is 10.6 Å². The first-order valence-electron chi connectivity index (χ1n) is 6.25. The lowest BCUT2D eigenvalue weighted by molar-refractivity contribution is -0.144. The second-order valence-electron chi connectivity index (χ2n) is 4.43. The molecule has 1 atom stereocenters. The zero-order valence-electron chi connectivity index (χ0n) is 11.5. The number of hydrogen-bond acceptors (Lipinski definition) is 5. The third kappa shape index (κ3) is 3.29. The molecule has 1 heterocycles. The summed E-state index contributed by atoms with van der Waals surface area (Å²) in [6.45, 7) is 1.35. The Balaban J connectivity index is 2.35. The highest BCUT2D eigenvalue weighted by atomic mass is 16.5. The third-order valence-electron chi connectivity index (χ3n) is 2.81. The minimum absolute atomic E-state index is 0.197. The lowest BCUT2D eigenvalue weighted by Gasteiger charge is -2.16. The number of aliphatic carboxylic acids is 1. The summed E-state index contributed by atoms with van der Waals surface area (Å²) >= 11 is 0. The average molecular weight is 304 g/mol. The number of barbiturate groups is 1. The molecule has 1 fully saturated rings. The van der Waals surface area contributed by atoms with Gasteiger partial charge in [0.25, 0.3) is 11.8 Å². The normalized spacial score (nSPS) is 15.7. The summed E-state index contributed by atoms with van der Waals surface area (Å²) in [6, 6.07) is 5.42. The van der Waals surface area contributed by atoms with Crippen LogP contribution < -0.4 is 15.4 Å². The van der Waals surface area contributed by atoms with Gasteiger partial charge >= 0.3 is 12.0 Å². The smallest absolute Gasteiger partial charge is 0.344 e. The number of carboxylic acid groups (broad SMARTS) is 1. The predicted octanol–water partition coefficient (Wildman–Crippen LogP) is 0.288. The van der Waals surface area contributed by atoms with Crippen molar-refractivity contribution < 1.29 is 29.0 Å². The van der Waals surface area contributed by atoms with Gasteiger partial charge in [-0.05, 0) is 19.1 Å². The van der Waals surface area contributed by atoms with E-state index in [1.54, 1.807) is 18.2 Å². The second kappa shape index (κ2) is 6.08. The number of para-hydroxylation sites is 1. The molecule has 2 rings (SSSR count). The Hall–Kier alpha value is -3.16. The van der Waals surface area contributed by atoms with Crippen molar-refractivity contribution in [3.05, 3.63) is 35.4 Å². The zero-order valence-corrected chi connectivity index (χ0v) is 11.5. The van der Waals surface area contributed by atoms with E-state index in [1.165, 1.54) is 19.1 Å². The van der Waals surface area contributed by atoms with Crippen molar-refractivity contribution in [3.63, 3.8) is 0 Å². The van der Waals surface area contributed by atoms with Gasteiger partial charge in [-0.3, -0.25) is 20.2 Å². The quantitative estimate of drug-likeness (QED) is 0.543. The molecule has 1 aromatic rings. The number of nitrogens with one attached hydrogen (secondary N) is 2. The van der Waals surface area contributed by atoms with E-state index in [0.717, 1.165) is 0 Å². The van der Waals surface area contributed by atoms with Gasteiger partial charge in [0.2, 0.25) is 0 Å². The van der Waals surface area contributed by atoms with Crippen molar-refractivity contribution >= 4 is 29.9 Å². The molecular formula is C14H12N2O6. The first kappa shape index (κ1) is 15.2. The molecule has 1 aliphatic heterocycles. The van der Waals surface area contributed by atoms with Crippen LogP contribution in [0.3, 0.4) is 0 Å². The minimum Gasteiger partial charge on any atom is -0.479 e. The van der Waals surface area contributed by atoms with Crippen molar-refractivity contribution in [3.8, 4) is 5.75 Å². The molecule has 0 spiro atoms. The summed E-state index contributed by atoms with van der Waals surface area (Å²) in [7, 11) is 0. The summed E-state index contributed by atoms with van der Waals surface area (Å²) in [4.78, 5) is 45.2. The van der Waals surface area contributed by atoms with Crippen molar-refractivity contribution in [1.82, 2.24) is 10.6 Å². The molecule has 0 unspecified atom stereocenters. The first-order chi connectivity index (χ1) is 10.4. The Morgan fingerprint density at radius 3 is 2.36 bits per heavy atom. The molecule has 8 nitrogen and oxygen atoms in total. The van der Waals surface area contributed by atoms with Gasteiger partial charge in [0.05, 0.1) is 0 Å². The van der Waals surface area contributed by atoms with Gasteiger partial charge in [0.15, 0.2) is 6.10 Å². The van der Waals surface area contributed by atoms with Crippen LogP contribution >= 0.6 is 0 Å². The van der Waals surface area contributed by atoms with Crippen LogP contribution in [-0.2, 0) is 14.4 Å². The molecule has 1 saturated heterocycles. The van der Waals surface area contributed by atoms with E-state index in [9.17, 15) is 19.2 Å². The summed E-state index contributed by atoms with van der Waals surface area (Å²) < 4.78 is 5.27. The van der Waals surface area contributed by atoms with Gasteiger partial charge in [0, 0.05) is 5.56 Å². The Morgan fingerprint density at radius 1 is 1.18 bits per heavy atom. The van der Waals surface area contributed by atoms with Crippen LogP contribution in [0, 0.1) is 0 Å². The van der Waals surface area contributed by atoms with Crippen molar-refractivity contribution in [1.29, 1.82) is 0 Å². The number of carbonyl (C=O) groups excluding carboxylic acids is 3. The van der Waals surface area contributed by atoms with Crippen LogP contribution in [0.15, 0.2) is 29.8 Å². The number of ether oxygens (including phenoxy) is 1. The number of rotatable bonds is 4. The van der Waals surface area contributed by atoms with Crippen LogP contribution in [-0.4, -0.2) is 35.0 Å². The zero-order chi connectivity index (χ0) is 16.3. The molecule has 0 aromatic heterocycles. The van der Waals surface area contributed by atoms with E-state index in [-0.39, 0.29) is 11.3 Å². The Kier molecular flexibility index (Phi) is 4.21. The van der Waals surface area contributed by atoms with Gasteiger partial charge in [0.1, 0.15) is 11.3 Å². The van der Waals surface area contributed by atoms with Crippen molar-refractivity contribution in [2.75, 3.05) is 0 Å². The fraction of sp³-hybridized carbons (Fsp3) is 0.143. The van der Waals surface area contributed by atoms with Crippen LogP contribution in [0.5, 0.6) is 5.75 Å². The summed E-state index contributed by atoms with van der Waals surface area (Å²) in [5, 5.41) is 12.8. The lowest BCUT2D eigenvalue weighted by Crippen LogP contribution is -2.51. The largest absolute Gasteiger partial charge is 0.479 e. The fourth-order valence-electron chi connectivity index (χ4n) is 1.71. The average Bonchev–Trinajstić information content (AvgIpc) is 2.44. The van der Waals surface area contributed by atoms with Gasteiger partial charge in [-0.1, -0.05) is 18.2 Å². The summed E-state index contributed by atoms with van der Waals surface area (Å²) in [5.41, 5.74) is 0.0591. The Labute approximate surface area is 124 Å². The molecular weight excluding hydrogens is 292 g/mol. The Morgan fingerprint density at radius 2 is 1.77 bits per heavy atom. The van der Waals surface area contributed by atoms with Crippen molar-refractivity contribution in [2.45, 2.75) is 13.0 Å². The maximum absolute atomic E-state index is 11.7. The van der Waals surface area contributed by atoms with E-state index in [0.29, 0.717) is 5.56 Å². The maximum Gasteiger partial charge on any atom is 0.344 e. The van der Waals surface area contributed by atoms with Crippen LogP contribution in [0.1, 0.15) is 12.5 Å². The molecule has 114 valence electrons. The molecule has 4 amide bonds. The predicted molar refractivity (Wildman–Crippen MR) is 73.8 cm³/mol. The molecule has 1 aliphatic rings. The molecule has 0 saturated carbocycles. The van der Waals surface area contributed by atoms with Crippen molar-refractivity contribution in [2.24, 2.45) is 0 Å². The number of imide groups is 2. The molecule has 0 aliphatic carbocycles. The summed E-state index contributed by atoms with van der Waals surface area (Å²) in [5.74, 6) is -2.63. The van der Waals surface area contributed by atoms with Gasteiger partial charge in [-0.25, -0.2) is 9.59 Å². The molecule has 3 N–H and O–H groups in total. The monoisotopic (exact) mass is 304 g/mol. The standard InChI is InChI=1S/C14H12N2O6/c1-7(13(19)20)22-10-5-3-2-4-8(10)6-9-11(17)15-14(21)16-12(9)18/h2-7H,1H3,(H,19,20)(H2,15,16,17,18,21)/t7-/m1/s1. The molecule has 0 bridgehead atoms. The van der Waals surface area contributed by atoms with E-state index in [4.69, 9.17) is 9.84 Å². The minimum atomic E-state index is -1.15. The maximum atomic E-state index is 11.7. The number of amides is 4. The van der Waals surface area contributed by atoms with Crippen LogP contribution in [0.25, 0.3) is 6.08 Å². The fourth-order valence-corrected chi connectivity index (χ4v) is 1.71. The van der Waals surface area contributed by atoms with E-state index >= 15 is 0 Å². The van der Waals surface area contributed by atoms with E-state index < -0.39 is 29.9 Å². The molecule has 8 heteroatoms. The molecule has 22 heavy (non-hydrogen) atoms.